The number of imidazole rings is 1. The molecule has 0 saturated carbocycles. The van der Waals surface area contributed by atoms with E-state index in [2.05, 4.69) is 50.5 Å². The SMILES string of the molecule is COc1ccc([C@H]2C[C@H](C)CN2Cc2cnc3cnccn23)cc1. The Morgan fingerprint density at radius 2 is 2.04 bits per heavy atom. The molecule has 5 heteroatoms. The third-order valence-electron chi connectivity index (χ3n) is 4.87. The van der Waals surface area contributed by atoms with Crippen LogP contribution >= 0.6 is 0 Å². The molecule has 1 aliphatic rings. The molecule has 124 valence electrons. The van der Waals surface area contributed by atoms with Gasteiger partial charge in [-0.3, -0.25) is 14.3 Å². The molecule has 1 fully saturated rings. The van der Waals surface area contributed by atoms with E-state index in [0.717, 1.165) is 24.5 Å². The third-order valence-corrected chi connectivity index (χ3v) is 4.87. The second kappa shape index (κ2) is 6.24. The van der Waals surface area contributed by atoms with Crippen LogP contribution in [0.5, 0.6) is 5.75 Å². The molecule has 24 heavy (non-hydrogen) atoms. The van der Waals surface area contributed by atoms with Gasteiger partial charge in [-0.15, -0.1) is 0 Å². The fourth-order valence-corrected chi connectivity index (χ4v) is 3.70. The number of benzene rings is 1. The summed E-state index contributed by atoms with van der Waals surface area (Å²) in [5, 5.41) is 0. The first-order valence-corrected chi connectivity index (χ1v) is 8.38. The van der Waals surface area contributed by atoms with Gasteiger partial charge in [-0.2, -0.15) is 0 Å². The van der Waals surface area contributed by atoms with Crippen molar-refractivity contribution < 1.29 is 4.74 Å². The number of hydrogen-bond acceptors (Lipinski definition) is 4. The fraction of sp³-hybridized carbons (Fsp3) is 0.368. The van der Waals surface area contributed by atoms with E-state index >= 15 is 0 Å². The molecular formula is C19H22N4O. The molecule has 0 spiro atoms. The van der Waals surface area contributed by atoms with Gasteiger partial charge >= 0.3 is 0 Å². The predicted molar refractivity (Wildman–Crippen MR) is 92.9 cm³/mol. The van der Waals surface area contributed by atoms with Crippen LogP contribution < -0.4 is 4.74 Å². The van der Waals surface area contributed by atoms with Crippen molar-refractivity contribution >= 4 is 5.65 Å². The van der Waals surface area contributed by atoms with Crippen molar-refractivity contribution in [2.45, 2.75) is 25.9 Å². The zero-order valence-corrected chi connectivity index (χ0v) is 14.1. The quantitative estimate of drug-likeness (QED) is 0.739. The molecule has 3 heterocycles. The smallest absolute Gasteiger partial charge is 0.155 e. The van der Waals surface area contributed by atoms with Crippen LogP contribution in [0.4, 0.5) is 0 Å². The van der Waals surface area contributed by atoms with Crippen LogP contribution in [0, 0.1) is 5.92 Å². The summed E-state index contributed by atoms with van der Waals surface area (Å²) in [6, 6.07) is 8.92. The predicted octanol–water partition coefficient (Wildman–Crippen LogP) is 3.32. The van der Waals surface area contributed by atoms with Crippen LogP contribution in [0.25, 0.3) is 5.65 Å². The monoisotopic (exact) mass is 322 g/mol. The Bertz CT molecular complexity index is 827. The molecule has 1 saturated heterocycles. The molecule has 0 aliphatic carbocycles. The molecule has 0 radical (unpaired) electrons. The molecule has 0 unspecified atom stereocenters. The van der Waals surface area contributed by atoms with Gasteiger partial charge < -0.3 is 4.74 Å². The molecule has 5 nitrogen and oxygen atoms in total. The van der Waals surface area contributed by atoms with Crippen LogP contribution in [-0.4, -0.2) is 32.9 Å². The van der Waals surface area contributed by atoms with Crippen molar-refractivity contribution in [1.29, 1.82) is 0 Å². The van der Waals surface area contributed by atoms with Crippen molar-refractivity contribution in [3.63, 3.8) is 0 Å². The van der Waals surface area contributed by atoms with Crippen molar-refractivity contribution in [2.24, 2.45) is 5.92 Å². The zero-order chi connectivity index (χ0) is 16.5. The van der Waals surface area contributed by atoms with E-state index in [1.165, 1.54) is 17.7 Å². The van der Waals surface area contributed by atoms with Gasteiger partial charge in [-0.05, 0) is 30.0 Å². The molecule has 3 aromatic rings. The Labute approximate surface area is 141 Å². The van der Waals surface area contributed by atoms with E-state index in [0.29, 0.717) is 12.0 Å². The van der Waals surface area contributed by atoms with Crippen LogP contribution in [0.3, 0.4) is 0 Å². The van der Waals surface area contributed by atoms with Gasteiger partial charge in [0, 0.05) is 31.5 Å². The summed E-state index contributed by atoms with van der Waals surface area (Å²) in [6.07, 6.45) is 8.75. The summed E-state index contributed by atoms with van der Waals surface area (Å²) in [4.78, 5) is 11.1. The zero-order valence-electron chi connectivity index (χ0n) is 14.1. The second-order valence-corrected chi connectivity index (χ2v) is 6.61. The number of ether oxygens (including phenoxy) is 1. The second-order valence-electron chi connectivity index (χ2n) is 6.61. The van der Waals surface area contributed by atoms with Crippen LogP contribution in [-0.2, 0) is 6.54 Å². The number of likely N-dealkylation sites (tertiary alicyclic amines) is 1. The van der Waals surface area contributed by atoms with Crippen molar-refractivity contribution in [1.82, 2.24) is 19.3 Å². The first-order valence-electron chi connectivity index (χ1n) is 8.38. The van der Waals surface area contributed by atoms with E-state index in [1.54, 1.807) is 13.3 Å². The minimum atomic E-state index is 0.443. The fourth-order valence-electron chi connectivity index (χ4n) is 3.70. The van der Waals surface area contributed by atoms with Crippen molar-refractivity contribution in [3.05, 3.63) is 60.3 Å². The topological polar surface area (TPSA) is 42.7 Å². The lowest BCUT2D eigenvalue weighted by Crippen LogP contribution is -2.24. The van der Waals surface area contributed by atoms with E-state index < -0.39 is 0 Å². The van der Waals surface area contributed by atoms with Gasteiger partial charge in [-0.25, -0.2) is 4.98 Å². The molecule has 0 N–H and O–H groups in total. The summed E-state index contributed by atoms with van der Waals surface area (Å²) in [6.45, 7) is 4.33. The number of hydrogen-bond donors (Lipinski definition) is 0. The number of methoxy groups -OCH3 is 1. The Hall–Kier alpha value is -2.40. The summed E-state index contributed by atoms with van der Waals surface area (Å²) < 4.78 is 7.41. The summed E-state index contributed by atoms with van der Waals surface area (Å²) in [5.74, 6) is 1.60. The lowest BCUT2D eigenvalue weighted by molar-refractivity contribution is 0.242. The lowest BCUT2D eigenvalue weighted by Gasteiger charge is -2.24. The molecule has 1 aliphatic heterocycles. The highest BCUT2D eigenvalue weighted by molar-refractivity contribution is 5.37. The van der Waals surface area contributed by atoms with Gasteiger partial charge in [0.1, 0.15) is 5.75 Å². The molecule has 2 aromatic heterocycles. The number of aromatic nitrogens is 3. The first kappa shape index (κ1) is 15.1. The molecule has 1 aromatic carbocycles. The summed E-state index contributed by atoms with van der Waals surface area (Å²) >= 11 is 0. The maximum atomic E-state index is 5.28. The first-order chi connectivity index (χ1) is 11.7. The normalized spacial score (nSPS) is 21.4. The Morgan fingerprint density at radius 1 is 1.21 bits per heavy atom. The highest BCUT2D eigenvalue weighted by Crippen LogP contribution is 2.36. The molecule has 0 amide bonds. The van der Waals surface area contributed by atoms with Crippen LogP contribution in [0.1, 0.15) is 30.6 Å². The van der Waals surface area contributed by atoms with Crippen molar-refractivity contribution in [3.8, 4) is 5.75 Å². The molecule has 4 rings (SSSR count). The molecular weight excluding hydrogens is 300 g/mol. The maximum absolute atomic E-state index is 5.28. The van der Waals surface area contributed by atoms with E-state index in [9.17, 15) is 0 Å². The van der Waals surface area contributed by atoms with E-state index in [4.69, 9.17) is 4.74 Å². The van der Waals surface area contributed by atoms with Crippen LogP contribution in [0.2, 0.25) is 0 Å². The van der Waals surface area contributed by atoms with Gasteiger partial charge in [0.2, 0.25) is 0 Å². The standard InChI is InChI=1S/C19H22N4O/c1-14-9-18(15-3-5-17(24-2)6-4-15)22(12-14)13-16-10-21-19-11-20-7-8-23(16)19/h3-8,10-11,14,18H,9,12-13H2,1-2H3/t14-,18+/m0/s1. The minimum absolute atomic E-state index is 0.443. The maximum Gasteiger partial charge on any atom is 0.155 e. The van der Waals surface area contributed by atoms with Gasteiger partial charge in [0.15, 0.2) is 5.65 Å². The Morgan fingerprint density at radius 3 is 2.83 bits per heavy atom. The highest BCUT2D eigenvalue weighted by Gasteiger charge is 2.31. The number of rotatable bonds is 4. The van der Waals surface area contributed by atoms with E-state index in [1.807, 2.05) is 18.6 Å². The van der Waals surface area contributed by atoms with E-state index in [-0.39, 0.29) is 0 Å². The highest BCUT2D eigenvalue weighted by atomic mass is 16.5. The Kier molecular flexibility index (Phi) is 3.94. The summed E-state index contributed by atoms with van der Waals surface area (Å²) in [7, 11) is 1.71. The number of fused-ring (bicyclic) bond motifs is 1. The van der Waals surface area contributed by atoms with Crippen LogP contribution in [0.15, 0.2) is 49.1 Å². The Balaban J connectivity index is 1.60. The third kappa shape index (κ3) is 2.76. The lowest BCUT2D eigenvalue weighted by atomic mass is 10.0. The van der Waals surface area contributed by atoms with Gasteiger partial charge in [0.25, 0.3) is 0 Å². The molecule has 0 bridgehead atoms. The van der Waals surface area contributed by atoms with Gasteiger partial charge in [0.05, 0.1) is 25.2 Å². The average molecular weight is 322 g/mol. The number of nitrogens with zero attached hydrogens (tertiary/aromatic N) is 4. The average Bonchev–Trinajstić information content (AvgIpc) is 3.19. The van der Waals surface area contributed by atoms with Gasteiger partial charge in [-0.1, -0.05) is 19.1 Å². The largest absolute Gasteiger partial charge is 0.497 e. The molecule has 2 atom stereocenters. The van der Waals surface area contributed by atoms with Crippen molar-refractivity contribution in [2.75, 3.05) is 13.7 Å². The minimum Gasteiger partial charge on any atom is -0.497 e. The summed E-state index contributed by atoms with van der Waals surface area (Å²) in [5.41, 5.74) is 3.47.